The first kappa shape index (κ1) is 16.2. The van der Waals surface area contributed by atoms with Crippen LogP contribution < -0.4 is 16.4 Å². The van der Waals surface area contributed by atoms with E-state index in [0.717, 1.165) is 0 Å². The van der Waals surface area contributed by atoms with Crippen LogP contribution in [0.4, 0.5) is 5.69 Å². The molecule has 0 bridgehead atoms. The third-order valence-electron chi connectivity index (χ3n) is 2.48. The predicted molar refractivity (Wildman–Crippen MR) is 73.4 cm³/mol. The molecule has 0 aliphatic carbocycles. The first-order valence-electron chi connectivity index (χ1n) is 5.99. The van der Waals surface area contributed by atoms with Crippen molar-refractivity contribution in [1.29, 1.82) is 0 Å². The van der Waals surface area contributed by atoms with Crippen LogP contribution in [0.15, 0.2) is 24.3 Å². The Hall–Kier alpha value is -2.90. The Morgan fingerprint density at radius 3 is 2.19 bits per heavy atom. The molecule has 0 aliphatic rings. The van der Waals surface area contributed by atoms with E-state index < -0.39 is 30.2 Å². The number of carbonyl (C=O) groups excluding carboxylic acids is 3. The lowest BCUT2D eigenvalue weighted by atomic mass is 10.1. The molecular formula is C13H15N3O5. The van der Waals surface area contributed by atoms with Crippen molar-refractivity contribution in [3.05, 3.63) is 29.8 Å². The maximum Gasteiger partial charge on any atom is 0.326 e. The SMILES string of the molecule is CC(=O)Nc1ccc(C(=O)N[C@H](CC(N)=O)C(=O)O)cc1. The third kappa shape index (κ3) is 5.31. The number of hydrogen-bond donors (Lipinski definition) is 4. The van der Waals surface area contributed by atoms with Crippen molar-refractivity contribution in [3.63, 3.8) is 0 Å². The first-order chi connectivity index (χ1) is 9.79. The molecule has 0 saturated heterocycles. The first-order valence-corrected chi connectivity index (χ1v) is 5.99. The second kappa shape index (κ2) is 7.04. The van der Waals surface area contributed by atoms with E-state index in [1.54, 1.807) is 0 Å². The van der Waals surface area contributed by atoms with Gasteiger partial charge in [0, 0.05) is 18.2 Å². The van der Waals surface area contributed by atoms with E-state index in [9.17, 15) is 19.2 Å². The summed E-state index contributed by atoms with van der Waals surface area (Å²) in [6.07, 6.45) is -0.495. The van der Waals surface area contributed by atoms with Gasteiger partial charge in [0.2, 0.25) is 11.8 Å². The highest BCUT2D eigenvalue weighted by atomic mass is 16.4. The lowest BCUT2D eigenvalue weighted by Crippen LogP contribution is -2.43. The summed E-state index contributed by atoms with van der Waals surface area (Å²) in [5.41, 5.74) is 5.62. The number of carboxylic acids is 1. The van der Waals surface area contributed by atoms with Gasteiger partial charge in [-0.05, 0) is 24.3 Å². The van der Waals surface area contributed by atoms with E-state index in [1.165, 1.54) is 31.2 Å². The summed E-state index contributed by atoms with van der Waals surface area (Å²) in [5.74, 6) is -3.08. The Morgan fingerprint density at radius 2 is 1.76 bits per heavy atom. The molecule has 0 heterocycles. The fourth-order valence-electron chi connectivity index (χ4n) is 1.55. The molecule has 1 aromatic rings. The lowest BCUT2D eigenvalue weighted by molar-refractivity contribution is -0.140. The van der Waals surface area contributed by atoms with Crippen LogP contribution in [0, 0.1) is 0 Å². The van der Waals surface area contributed by atoms with Gasteiger partial charge < -0.3 is 21.5 Å². The number of hydrogen-bond acceptors (Lipinski definition) is 4. The number of aliphatic carboxylic acids is 1. The fourth-order valence-corrected chi connectivity index (χ4v) is 1.55. The molecule has 1 aromatic carbocycles. The zero-order chi connectivity index (χ0) is 16.0. The minimum absolute atomic E-state index is 0.194. The van der Waals surface area contributed by atoms with Gasteiger partial charge >= 0.3 is 5.97 Å². The van der Waals surface area contributed by atoms with Gasteiger partial charge in [-0.2, -0.15) is 0 Å². The molecule has 8 heteroatoms. The van der Waals surface area contributed by atoms with Gasteiger partial charge in [0.1, 0.15) is 6.04 Å². The highest BCUT2D eigenvalue weighted by Crippen LogP contribution is 2.10. The Kier molecular flexibility index (Phi) is 5.41. The van der Waals surface area contributed by atoms with Crippen LogP contribution in [-0.4, -0.2) is 34.8 Å². The number of amides is 3. The van der Waals surface area contributed by atoms with Gasteiger partial charge in [-0.15, -0.1) is 0 Å². The minimum atomic E-state index is -1.38. The molecule has 1 rings (SSSR count). The molecule has 8 nitrogen and oxygen atoms in total. The summed E-state index contributed by atoms with van der Waals surface area (Å²) in [6, 6.07) is 4.46. The second-order valence-electron chi connectivity index (χ2n) is 4.29. The van der Waals surface area contributed by atoms with Crippen LogP contribution in [0.25, 0.3) is 0 Å². The number of carboxylic acid groups (broad SMARTS) is 1. The van der Waals surface area contributed by atoms with Crippen molar-refractivity contribution in [2.45, 2.75) is 19.4 Å². The minimum Gasteiger partial charge on any atom is -0.480 e. The molecule has 0 aliphatic heterocycles. The van der Waals surface area contributed by atoms with Crippen molar-refractivity contribution in [1.82, 2.24) is 5.32 Å². The van der Waals surface area contributed by atoms with Crippen LogP contribution in [0.5, 0.6) is 0 Å². The third-order valence-corrected chi connectivity index (χ3v) is 2.48. The monoisotopic (exact) mass is 293 g/mol. The smallest absolute Gasteiger partial charge is 0.326 e. The molecule has 0 aromatic heterocycles. The maximum absolute atomic E-state index is 11.9. The van der Waals surface area contributed by atoms with Gasteiger partial charge in [-0.25, -0.2) is 4.79 Å². The lowest BCUT2D eigenvalue weighted by Gasteiger charge is -2.13. The Balaban J connectivity index is 2.76. The second-order valence-corrected chi connectivity index (χ2v) is 4.29. The molecule has 0 fully saturated rings. The number of anilines is 1. The molecule has 112 valence electrons. The largest absolute Gasteiger partial charge is 0.480 e. The molecular weight excluding hydrogens is 278 g/mol. The number of nitrogens with one attached hydrogen (secondary N) is 2. The summed E-state index contributed by atoms with van der Waals surface area (Å²) in [6.45, 7) is 1.35. The van der Waals surface area contributed by atoms with Crippen LogP contribution in [0.2, 0.25) is 0 Å². The van der Waals surface area contributed by atoms with Crippen molar-refractivity contribution in [2.75, 3.05) is 5.32 Å². The summed E-state index contributed by atoms with van der Waals surface area (Å²) >= 11 is 0. The highest BCUT2D eigenvalue weighted by molar-refractivity contribution is 5.98. The summed E-state index contributed by atoms with van der Waals surface area (Å²) in [5, 5.41) is 13.6. The average Bonchev–Trinajstić information content (AvgIpc) is 2.37. The number of rotatable bonds is 6. The summed E-state index contributed by atoms with van der Waals surface area (Å²) < 4.78 is 0. The summed E-state index contributed by atoms with van der Waals surface area (Å²) in [7, 11) is 0. The Labute approximate surface area is 120 Å². The molecule has 5 N–H and O–H groups in total. The van der Waals surface area contributed by atoms with E-state index in [2.05, 4.69) is 10.6 Å². The average molecular weight is 293 g/mol. The van der Waals surface area contributed by atoms with Crippen molar-refractivity contribution < 1.29 is 24.3 Å². The van der Waals surface area contributed by atoms with Gasteiger partial charge in [0.15, 0.2) is 0 Å². The van der Waals surface area contributed by atoms with E-state index in [0.29, 0.717) is 5.69 Å². The number of benzene rings is 1. The molecule has 0 unspecified atom stereocenters. The topological polar surface area (TPSA) is 139 Å². The van der Waals surface area contributed by atoms with Crippen LogP contribution in [0.3, 0.4) is 0 Å². The molecule has 1 atom stereocenters. The van der Waals surface area contributed by atoms with Crippen molar-refractivity contribution in [3.8, 4) is 0 Å². The van der Waals surface area contributed by atoms with Gasteiger partial charge in [-0.1, -0.05) is 0 Å². The number of primary amides is 1. The zero-order valence-electron chi connectivity index (χ0n) is 11.3. The quantitative estimate of drug-likeness (QED) is 0.570. The van der Waals surface area contributed by atoms with Crippen LogP contribution in [0.1, 0.15) is 23.7 Å². The summed E-state index contributed by atoms with van der Waals surface area (Å²) in [4.78, 5) is 44.4. The molecule has 0 spiro atoms. The van der Waals surface area contributed by atoms with Crippen LogP contribution >= 0.6 is 0 Å². The predicted octanol–water partition coefficient (Wildman–Crippen LogP) is -0.297. The van der Waals surface area contributed by atoms with Gasteiger partial charge in [0.25, 0.3) is 5.91 Å². The van der Waals surface area contributed by atoms with E-state index >= 15 is 0 Å². The number of carbonyl (C=O) groups is 4. The van der Waals surface area contributed by atoms with E-state index in [1.807, 2.05) is 0 Å². The highest BCUT2D eigenvalue weighted by Gasteiger charge is 2.22. The Morgan fingerprint density at radius 1 is 1.19 bits per heavy atom. The normalized spacial score (nSPS) is 11.3. The Bertz CT molecular complexity index is 568. The van der Waals surface area contributed by atoms with E-state index in [4.69, 9.17) is 10.8 Å². The van der Waals surface area contributed by atoms with E-state index in [-0.39, 0.29) is 11.5 Å². The molecule has 0 saturated carbocycles. The molecule has 21 heavy (non-hydrogen) atoms. The molecule has 0 radical (unpaired) electrons. The van der Waals surface area contributed by atoms with Crippen LogP contribution in [-0.2, 0) is 14.4 Å². The fraction of sp³-hybridized carbons (Fsp3) is 0.231. The maximum atomic E-state index is 11.9. The van der Waals surface area contributed by atoms with Gasteiger partial charge in [0.05, 0.1) is 6.42 Å². The standard InChI is InChI=1S/C13H15N3O5/c1-7(17)15-9-4-2-8(3-5-9)12(19)16-10(13(20)21)6-11(14)18/h2-5,10H,6H2,1H3,(H2,14,18)(H,15,17)(H,16,19)(H,20,21)/t10-/m1/s1. The molecule has 3 amide bonds. The number of nitrogens with two attached hydrogens (primary N) is 1. The van der Waals surface area contributed by atoms with Crippen molar-refractivity contribution in [2.24, 2.45) is 5.73 Å². The van der Waals surface area contributed by atoms with Crippen molar-refractivity contribution >= 4 is 29.4 Å². The zero-order valence-corrected chi connectivity index (χ0v) is 11.3. The van der Waals surface area contributed by atoms with Gasteiger partial charge in [-0.3, -0.25) is 14.4 Å².